The standard InChI is InChI=1S/C20H20F3N3O4S/c21-20(22,23)30-18-8-6-16(7-9-18)26-12-17-10-15(11-25(17)19(26)27)24-31(28,29)13-14-4-2-1-3-5-14/h1-9,15,17,24H,10-13H2. The molecule has 0 aromatic heterocycles. The van der Waals surface area contributed by atoms with Crippen molar-refractivity contribution >= 4 is 21.7 Å². The average molecular weight is 455 g/mol. The molecule has 2 amide bonds. The number of hydrogen-bond acceptors (Lipinski definition) is 4. The highest BCUT2D eigenvalue weighted by molar-refractivity contribution is 7.88. The van der Waals surface area contributed by atoms with E-state index in [-0.39, 0.29) is 36.2 Å². The van der Waals surface area contributed by atoms with Gasteiger partial charge in [0.15, 0.2) is 0 Å². The van der Waals surface area contributed by atoms with Gasteiger partial charge in [0, 0.05) is 24.8 Å². The van der Waals surface area contributed by atoms with Crippen LogP contribution in [0.25, 0.3) is 0 Å². The van der Waals surface area contributed by atoms with Gasteiger partial charge in [-0.25, -0.2) is 17.9 Å². The Bertz CT molecular complexity index is 1050. The Morgan fingerprint density at radius 3 is 2.32 bits per heavy atom. The first-order chi connectivity index (χ1) is 14.6. The number of amides is 2. The largest absolute Gasteiger partial charge is 0.573 e. The van der Waals surface area contributed by atoms with Crippen LogP contribution in [0.3, 0.4) is 0 Å². The van der Waals surface area contributed by atoms with Crippen LogP contribution in [0.2, 0.25) is 0 Å². The molecule has 1 N–H and O–H groups in total. The molecule has 2 aromatic rings. The molecular formula is C20H20F3N3O4S. The van der Waals surface area contributed by atoms with Gasteiger partial charge >= 0.3 is 12.4 Å². The van der Waals surface area contributed by atoms with Crippen LogP contribution in [-0.2, 0) is 15.8 Å². The number of ether oxygens (including phenoxy) is 1. The van der Waals surface area contributed by atoms with E-state index in [1.54, 1.807) is 29.2 Å². The molecule has 166 valence electrons. The van der Waals surface area contributed by atoms with Gasteiger partial charge in [0.2, 0.25) is 10.0 Å². The zero-order valence-electron chi connectivity index (χ0n) is 16.2. The van der Waals surface area contributed by atoms with Crippen LogP contribution in [0.4, 0.5) is 23.7 Å². The number of halogens is 3. The normalized spacial score (nSPS) is 21.5. The van der Waals surface area contributed by atoms with Gasteiger partial charge in [-0.1, -0.05) is 30.3 Å². The van der Waals surface area contributed by atoms with Crippen molar-refractivity contribution < 1.29 is 31.1 Å². The molecule has 0 saturated carbocycles. The monoisotopic (exact) mass is 455 g/mol. The summed E-state index contributed by atoms with van der Waals surface area (Å²) in [6, 6.07) is 13.0. The second-order valence-corrected chi connectivity index (χ2v) is 9.29. The highest BCUT2D eigenvalue weighted by Crippen LogP contribution is 2.32. The zero-order chi connectivity index (χ0) is 22.2. The Morgan fingerprint density at radius 2 is 1.71 bits per heavy atom. The molecule has 11 heteroatoms. The Balaban J connectivity index is 1.36. The summed E-state index contributed by atoms with van der Waals surface area (Å²) in [5, 5.41) is 0. The minimum atomic E-state index is -4.78. The van der Waals surface area contributed by atoms with Crippen molar-refractivity contribution in [1.29, 1.82) is 0 Å². The van der Waals surface area contributed by atoms with Crippen molar-refractivity contribution in [3.05, 3.63) is 60.2 Å². The van der Waals surface area contributed by atoms with Gasteiger partial charge in [0.1, 0.15) is 5.75 Å². The molecule has 31 heavy (non-hydrogen) atoms. The maximum atomic E-state index is 12.8. The fourth-order valence-corrected chi connectivity index (χ4v) is 5.38. The number of hydrogen-bond donors (Lipinski definition) is 1. The van der Waals surface area contributed by atoms with Crippen LogP contribution < -0.4 is 14.4 Å². The molecule has 2 unspecified atom stereocenters. The number of alkyl halides is 3. The first-order valence-corrected chi connectivity index (χ1v) is 11.2. The van der Waals surface area contributed by atoms with Gasteiger partial charge < -0.3 is 9.64 Å². The number of nitrogens with one attached hydrogen (secondary N) is 1. The first kappa shape index (κ1) is 21.4. The van der Waals surface area contributed by atoms with Gasteiger partial charge in [0.25, 0.3) is 0 Å². The molecule has 2 saturated heterocycles. The third-order valence-electron chi connectivity index (χ3n) is 5.21. The predicted octanol–water partition coefficient (Wildman–Crippen LogP) is 3.09. The van der Waals surface area contributed by atoms with Crippen LogP contribution in [-0.4, -0.2) is 50.9 Å². The third-order valence-corrected chi connectivity index (χ3v) is 6.62. The third kappa shape index (κ3) is 5.10. The van der Waals surface area contributed by atoms with E-state index in [0.29, 0.717) is 24.2 Å². The number of urea groups is 1. The molecule has 0 radical (unpaired) electrons. The van der Waals surface area contributed by atoms with E-state index in [1.165, 1.54) is 17.0 Å². The van der Waals surface area contributed by atoms with Crippen molar-refractivity contribution in [2.24, 2.45) is 0 Å². The van der Waals surface area contributed by atoms with Crippen LogP contribution >= 0.6 is 0 Å². The Kier molecular flexibility index (Phi) is 5.56. The summed E-state index contributed by atoms with van der Waals surface area (Å²) in [6.07, 6.45) is -4.32. The summed E-state index contributed by atoms with van der Waals surface area (Å²) in [5.41, 5.74) is 1.13. The van der Waals surface area contributed by atoms with Crippen LogP contribution in [0, 0.1) is 0 Å². The minimum absolute atomic E-state index is 0.137. The number of fused-ring (bicyclic) bond motifs is 1. The van der Waals surface area contributed by atoms with Crippen LogP contribution in [0.1, 0.15) is 12.0 Å². The molecule has 2 fully saturated rings. The number of nitrogens with zero attached hydrogens (tertiary/aromatic N) is 2. The SMILES string of the molecule is O=C1N(c2ccc(OC(F)(F)F)cc2)CC2CC(NS(=O)(=O)Cc3ccccc3)CN12. The second-order valence-electron chi connectivity index (χ2n) is 7.54. The topological polar surface area (TPSA) is 79.0 Å². The van der Waals surface area contributed by atoms with Gasteiger partial charge in [-0.2, -0.15) is 0 Å². The van der Waals surface area contributed by atoms with Gasteiger partial charge in [-0.05, 0) is 36.2 Å². The van der Waals surface area contributed by atoms with Gasteiger partial charge in [0.05, 0.1) is 11.8 Å². The van der Waals surface area contributed by atoms with Gasteiger partial charge in [-0.3, -0.25) is 4.90 Å². The molecular weight excluding hydrogens is 435 g/mol. The van der Waals surface area contributed by atoms with E-state index >= 15 is 0 Å². The summed E-state index contributed by atoms with van der Waals surface area (Å²) in [7, 11) is -3.56. The molecule has 2 aliphatic rings. The quantitative estimate of drug-likeness (QED) is 0.726. The minimum Gasteiger partial charge on any atom is -0.406 e. The number of carbonyl (C=O) groups excluding carboxylic acids is 1. The second kappa shape index (κ2) is 8.04. The van der Waals surface area contributed by atoms with Crippen molar-refractivity contribution in [2.45, 2.75) is 30.6 Å². The highest BCUT2D eigenvalue weighted by Gasteiger charge is 2.45. The number of anilines is 1. The summed E-state index contributed by atoms with van der Waals surface area (Å²) < 4.78 is 68.3. The van der Waals surface area contributed by atoms with Crippen molar-refractivity contribution in [2.75, 3.05) is 18.0 Å². The van der Waals surface area contributed by atoms with E-state index in [2.05, 4.69) is 9.46 Å². The van der Waals surface area contributed by atoms with E-state index in [9.17, 15) is 26.4 Å². The van der Waals surface area contributed by atoms with Gasteiger partial charge in [-0.15, -0.1) is 13.2 Å². The maximum Gasteiger partial charge on any atom is 0.573 e. The molecule has 2 aliphatic heterocycles. The molecule has 7 nitrogen and oxygen atoms in total. The Labute approximate surface area is 177 Å². The number of carbonyl (C=O) groups is 1. The van der Waals surface area contributed by atoms with Crippen molar-refractivity contribution in [3.8, 4) is 5.75 Å². The van der Waals surface area contributed by atoms with E-state index < -0.39 is 16.4 Å². The summed E-state index contributed by atoms with van der Waals surface area (Å²) in [6.45, 7) is 0.568. The number of sulfonamides is 1. The lowest BCUT2D eigenvalue weighted by atomic mass is 10.2. The fraction of sp³-hybridized carbons (Fsp3) is 0.350. The maximum absolute atomic E-state index is 12.8. The van der Waals surface area contributed by atoms with Crippen molar-refractivity contribution in [3.63, 3.8) is 0 Å². The lowest BCUT2D eigenvalue weighted by Gasteiger charge is -2.20. The average Bonchev–Trinajstić information content (AvgIpc) is 3.19. The lowest BCUT2D eigenvalue weighted by Crippen LogP contribution is -2.40. The predicted molar refractivity (Wildman–Crippen MR) is 107 cm³/mol. The Morgan fingerprint density at radius 1 is 1.03 bits per heavy atom. The Hall–Kier alpha value is -2.79. The summed E-state index contributed by atoms with van der Waals surface area (Å²) in [5.74, 6) is -0.502. The fourth-order valence-electron chi connectivity index (χ4n) is 3.99. The molecule has 4 rings (SSSR count). The van der Waals surface area contributed by atoms with Crippen LogP contribution in [0.15, 0.2) is 54.6 Å². The van der Waals surface area contributed by atoms with Crippen LogP contribution in [0.5, 0.6) is 5.75 Å². The summed E-state index contributed by atoms with van der Waals surface area (Å²) >= 11 is 0. The van der Waals surface area contributed by atoms with E-state index in [0.717, 1.165) is 12.1 Å². The molecule has 2 atom stereocenters. The molecule has 2 aromatic carbocycles. The highest BCUT2D eigenvalue weighted by atomic mass is 32.2. The molecule has 0 aliphatic carbocycles. The number of rotatable bonds is 6. The number of benzene rings is 2. The lowest BCUT2D eigenvalue weighted by molar-refractivity contribution is -0.274. The van der Waals surface area contributed by atoms with Crippen molar-refractivity contribution in [1.82, 2.24) is 9.62 Å². The molecule has 0 spiro atoms. The van der Waals surface area contributed by atoms with E-state index in [1.807, 2.05) is 6.07 Å². The molecule has 2 heterocycles. The summed E-state index contributed by atoms with van der Waals surface area (Å²) in [4.78, 5) is 15.8. The first-order valence-electron chi connectivity index (χ1n) is 9.57. The smallest absolute Gasteiger partial charge is 0.406 e. The zero-order valence-corrected chi connectivity index (χ0v) is 17.1. The molecule has 0 bridgehead atoms. The van der Waals surface area contributed by atoms with E-state index in [4.69, 9.17) is 0 Å².